The molecule has 0 aliphatic carbocycles. The maximum absolute atomic E-state index is 12.8. The maximum atomic E-state index is 12.8. The lowest BCUT2D eigenvalue weighted by atomic mass is 9.95. The van der Waals surface area contributed by atoms with E-state index in [0.29, 0.717) is 41.2 Å². The number of nitriles is 1. The van der Waals surface area contributed by atoms with E-state index in [1.54, 1.807) is 18.2 Å². The summed E-state index contributed by atoms with van der Waals surface area (Å²) in [5.41, 5.74) is 1.62. The summed E-state index contributed by atoms with van der Waals surface area (Å²) in [7, 11) is 0. The average molecular weight is 463 g/mol. The molecule has 7 nitrogen and oxygen atoms in total. The predicted octanol–water partition coefficient (Wildman–Crippen LogP) is 2.78. The molecule has 168 valence electrons. The lowest BCUT2D eigenvalue weighted by Crippen LogP contribution is -2.48. The molecule has 0 unspecified atom stereocenters. The summed E-state index contributed by atoms with van der Waals surface area (Å²) in [4.78, 5) is 32.7. The number of amides is 2. The van der Waals surface area contributed by atoms with Crippen molar-refractivity contribution in [1.29, 1.82) is 5.26 Å². The molecule has 11 heteroatoms. The maximum Gasteiger partial charge on any atom is 0.389 e. The fraction of sp³-hybridized carbons (Fsp3) is 0.429. The summed E-state index contributed by atoms with van der Waals surface area (Å²) in [6.45, 7) is 0.372. The Kier molecular flexibility index (Phi) is 6.15. The van der Waals surface area contributed by atoms with Crippen LogP contribution in [0.2, 0.25) is 0 Å². The SMILES string of the molecule is N#C[C@@H]1CSCN1C(=O)CNC(=O)c1ccnc2ccc(N3CC(CC(F)(F)F)C3)cc12. The quantitative estimate of drug-likeness (QED) is 0.734. The van der Waals surface area contributed by atoms with Gasteiger partial charge in [0.1, 0.15) is 6.04 Å². The number of alkyl halides is 3. The first-order valence-electron chi connectivity index (χ1n) is 10.0. The van der Waals surface area contributed by atoms with E-state index in [1.165, 1.54) is 28.9 Å². The first-order chi connectivity index (χ1) is 15.2. The number of benzene rings is 1. The van der Waals surface area contributed by atoms with Gasteiger partial charge >= 0.3 is 6.18 Å². The fourth-order valence-electron chi connectivity index (χ4n) is 3.91. The lowest BCUT2D eigenvalue weighted by molar-refractivity contribution is -0.146. The number of nitrogens with zero attached hydrogens (tertiary/aromatic N) is 4. The number of aromatic nitrogens is 1. The highest BCUT2D eigenvalue weighted by Crippen LogP contribution is 2.34. The number of fused-ring (bicyclic) bond motifs is 1. The number of carbonyl (C=O) groups excluding carboxylic acids is 2. The second kappa shape index (κ2) is 8.86. The monoisotopic (exact) mass is 463 g/mol. The molecule has 0 radical (unpaired) electrons. The third-order valence-electron chi connectivity index (χ3n) is 5.56. The number of carbonyl (C=O) groups is 2. The van der Waals surface area contributed by atoms with Gasteiger partial charge in [0, 0.05) is 48.5 Å². The average Bonchev–Trinajstić information content (AvgIpc) is 3.21. The van der Waals surface area contributed by atoms with Crippen LogP contribution in [0.5, 0.6) is 0 Å². The zero-order valence-electron chi connectivity index (χ0n) is 16.9. The first-order valence-corrected chi connectivity index (χ1v) is 11.2. The van der Waals surface area contributed by atoms with Crippen molar-refractivity contribution in [2.24, 2.45) is 5.92 Å². The Morgan fingerprint density at radius 2 is 2.06 bits per heavy atom. The lowest BCUT2D eigenvalue weighted by Gasteiger charge is -2.41. The van der Waals surface area contributed by atoms with Crippen LogP contribution in [0.4, 0.5) is 18.9 Å². The van der Waals surface area contributed by atoms with Crippen molar-refractivity contribution in [1.82, 2.24) is 15.2 Å². The Balaban J connectivity index is 1.45. The van der Waals surface area contributed by atoms with E-state index in [1.807, 2.05) is 4.90 Å². The van der Waals surface area contributed by atoms with Crippen molar-refractivity contribution in [2.75, 3.05) is 36.2 Å². The number of hydrogen-bond acceptors (Lipinski definition) is 6. The highest BCUT2D eigenvalue weighted by atomic mass is 32.2. The highest BCUT2D eigenvalue weighted by molar-refractivity contribution is 7.99. The minimum absolute atomic E-state index is 0.230. The third-order valence-corrected chi connectivity index (χ3v) is 6.58. The molecular weight excluding hydrogens is 443 g/mol. The molecule has 2 aliphatic heterocycles. The second-order valence-corrected chi connectivity index (χ2v) is 8.84. The Morgan fingerprint density at radius 3 is 2.78 bits per heavy atom. The molecule has 0 spiro atoms. The van der Waals surface area contributed by atoms with Crippen molar-refractivity contribution in [3.8, 4) is 6.07 Å². The van der Waals surface area contributed by atoms with Gasteiger partial charge in [0.05, 0.1) is 29.6 Å². The molecule has 0 saturated carbocycles. The van der Waals surface area contributed by atoms with E-state index < -0.39 is 30.5 Å². The second-order valence-electron chi connectivity index (χ2n) is 7.84. The molecule has 2 aromatic rings. The number of anilines is 1. The van der Waals surface area contributed by atoms with E-state index in [2.05, 4.69) is 16.4 Å². The summed E-state index contributed by atoms with van der Waals surface area (Å²) < 4.78 is 37.7. The van der Waals surface area contributed by atoms with Crippen LogP contribution in [0.15, 0.2) is 30.5 Å². The molecule has 1 aromatic heterocycles. The largest absolute Gasteiger partial charge is 0.389 e. The summed E-state index contributed by atoms with van der Waals surface area (Å²) >= 11 is 1.49. The number of rotatable bonds is 5. The van der Waals surface area contributed by atoms with Gasteiger partial charge in [0.25, 0.3) is 5.91 Å². The summed E-state index contributed by atoms with van der Waals surface area (Å²) in [6, 6.07) is 8.37. The van der Waals surface area contributed by atoms with Gasteiger partial charge in [-0.05, 0) is 24.3 Å². The Labute approximate surface area is 186 Å². The van der Waals surface area contributed by atoms with E-state index >= 15 is 0 Å². The van der Waals surface area contributed by atoms with Gasteiger partial charge in [-0.25, -0.2) is 0 Å². The van der Waals surface area contributed by atoms with Gasteiger partial charge < -0.3 is 15.1 Å². The minimum Gasteiger partial charge on any atom is -0.371 e. The zero-order chi connectivity index (χ0) is 22.9. The topological polar surface area (TPSA) is 89.3 Å². The molecule has 2 aliphatic rings. The van der Waals surface area contributed by atoms with Gasteiger partial charge in [-0.2, -0.15) is 18.4 Å². The molecule has 1 atom stereocenters. The van der Waals surface area contributed by atoms with Crippen LogP contribution in [-0.2, 0) is 4.79 Å². The molecule has 0 bridgehead atoms. The molecule has 2 fully saturated rings. The summed E-state index contributed by atoms with van der Waals surface area (Å²) in [5, 5.41) is 12.3. The number of pyridine rings is 1. The smallest absolute Gasteiger partial charge is 0.371 e. The molecule has 3 heterocycles. The van der Waals surface area contributed by atoms with Gasteiger partial charge in [-0.15, -0.1) is 11.8 Å². The van der Waals surface area contributed by atoms with Crippen molar-refractivity contribution < 1.29 is 22.8 Å². The van der Waals surface area contributed by atoms with Crippen molar-refractivity contribution >= 4 is 40.2 Å². The zero-order valence-corrected chi connectivity index (χ0v) is 17.7. The van der Waals surface area contributed by atoms with Crippen LogP contribution in [0.3, 0.4) is 0 Å². The molecule has 1 N–H and O–H groups in total. The van der Waals surface area contributed by atoms with Gasteiger partial charge in [-0.3, -0.25) is 14.6 Å². The van der Waals surface area contributed by atoms with Gasteiger partial charge in [-0.1, -0.05) is 0 Å². The Morgan fingerprint density at radius 1 is 1.28 bits per heavy atom. The van der Waals surface area contributed by atoms with Crippen molar-refractivity contribution in [3.63, 3.8) is 0 Å². The molecule has 32 heavy (non-hydrogen) atoms. The van der Waals surface area contributed by atoms with Crippen LogP contribution in [-0.4, -0.2) is 65.2 Å². The van der Waals surface area contributed by atoms with Crippen LogP contribution in [0, 0.1) is 17.2 Å². The molecule has 2 saturated heterocycles. The van der Waals surface area contributed by atoms with Crippen LogP contribution in [0.25, 0.3) is 10.9 Å². The van der Waals surface area contributed by atoms with Crippen LogP contribution < -0.4 is 10.2 Å². The standard InChI is InChI=1S/C21H20F3N5O2S/c22-21(23,24)6-13-9-28(10-13)14-1-2-18-17(5-14)16(3-4-26-18)20(31)27-8-19(30)29-12-32-11-15(29)7-25/h1-5,13,15H,6,8-12H2,(H,27,31)/t15-/m1/s1. The number of hydrogen-bond donors (Lipinski definition) is 1. The van der Waals surface area contributed by atoms with Gasteiger partial charge in [0.2, 0.25) is 5.91 Å². The first kappa shape index (κ1) is 22.2. The fourth-order valence-corrected chi connectivity index (χ4v) is 5.02. The minimum atomic E-state index is -4.17. The van der Waals surface area contributed by atoms with Crippen LogP contribution in [0.1, 0.15) is 16.8 Å². The summed E-state index contributed by atoms with van der Waals surface area (Å²) in [5.74, 6) is -0.255. The Bertz CT molecular complexity index is 1080. The normalized spacial score (nSPS) is 19.0. The highest BCUT2D eigenvalue weighted by Gasteiger charge is 2.38. The predicted molar refractivity (Wildman–Crippen MR) is 114 cm³/mol. The number of halogens is 3. The van der Waals surface area contributed by atoms with Gasteiger partial charge in [0.15, 0.2) is 0 Å². The number of nitrogens with one attached hydrogen (secondary N) is 1. The van der Waals surface area contributed by atoms with E-state index in [-0.39, 0.29) is 12.5 Å². The molecule has 1 aromatic carbocycles. The Hall–Kier alpha value is -3.00. The van der Waals surface area contributed by atoms with Crippen molar-refractivity contribution in [2.45, 2.75) is 18.6 Å². The van der Waals surface area contributed by atoms with E-state index in [4.69, 9.17) is 5.26 Å². The third kappa shape index (κ3) is 4.75. The van der Waals surface area contributed by atoms with E-state index in [0.717, 1.165) is 5.69 Å². The molecule has 4 rings (SSSR count). The number of thioether (sulfide) groups is 1. The molecule has 2 amide bonds. The van der Waals surface area contributed by atoms with Crippen LogP contribution >= 0.6 is 11.8 Å². The molecular formula is C21H20F3N5O2S. The summed E-state index contributed by atoms with van der Waals surface area (Å²) in [6.07, 6.45) is -3.49. The van der Waals surface area contributed by atoms with Crippen molar-refractivity contribution in [3.05, 3.63) is 36.0 Å². The van der Waals surface area contributed by atoms with E-state index in [9.17, 15) is 22.8 Å².